The molecule has 0 aliphatic carbocycles. The molecular weight excluding hydrogens is 390 g/mol. The van der Waals surface area contributed by atoms with Crippen molar-refractivity contribution < 1.29 is 4.79 Å². The van der Waals surface area contributed by atoms with Crippen molar-refractivity contribution >= 4 is 39.7 Å². The van der Waals surface area contributed by atoms with Gasteiger partial charge >= 0.3 is 0 Å². The molecule has 1 amide bonds. The summed E-state index contributed by atoms with van der Waals surface area (Å²) in [6.07, 6.45) is 0. The van der Waals surface area contributed by atoms with Crippen LogP contribution in [0.1, 0.15) is 43.9 Å². The molecule has 3 aromatic rings. The number of carbonyl (C=O) groups excluding carboxylic acids is 1. The number of thiocarbonyl (C=S) groups is 1. The van der Waals surface area contributed by atoms with E-state index in [2.05, 4.69) is 60.1 Å². The van der Waals surface area contributed by atoms with Crippen LogP contribution in [0.15, 0.2) is 78.0 Å². The average Bonchev–Trinajstić information content (AvgIpc) is 2.73. The Bertz CT molecular complexity index is 1160. The third kappa shape index (κ3) is 3.81. The number of para-hydroxylation sites is 1. The van der Waals surface area contributed by atoms with Gasteiger partial charge < -0.3 is 16.0 Å². The maximum absolute atomic E-state index is 13.5. The largest absolute Gasteiger partial charge is 0.351 e. The lowest BCUT2D eigenvalue weighted by molar-refractivity contribution is -0.113. The Morgan fingerprint density at radius 3 is 2.50 bits per heavy atom. The molecule has 1 aliphatic heterocycles. The molecule has 0 saturated heterocycles. The summed E-state index contributed by atoms with van der Waals surface area (Å²) in [5, 5.41) is 12.3. The molecule has 1 heterocycles. The van der Waals surface area contributed by atoms with Crippen molar-refractivity contribution in [3.63, 3.8) is 0 Å². The Labute approximate surface area is 182 Å². The lowest BCUT2D eigenvalue weighted by Crippen LogP contribution is -2.45. The summed E-state index contributed by atoms with van der Waals surface area (Å²) in [6.45, 7) is 6.14. The number of carbonyl (C=O) groups is 1. The van der Waals surface area contributed by atoms with Gasteiger partial charge in [0.05, 0.1) is 11.6 Å². The molecule has 3 aromatic carbocycles. The minimum absolute atomic E-state index is 0.138. The molecule has 5 heteroatoms. The van der Waals surface area contributed by atoms with Crippen molar-refractivity contribution in [2.45, 2.75) is 32.7 Å². The molecule has 0 radical (unpaired) electrons. The molecule has 30 heavy (non-hydrogen) atoms. The van der Waals surface area contributed by atoms with E-state index in [0.29, 0.717) is 16.6 Å². The summed E-state index contributed by atoms with van der Waals surface area (Å²) in [4.78, 5) is 13.5. The van der Waals surface area contributed by atoms with E-state index in [4.69, 9.17) is 12.2 Å². The summed E-state index contributed by atoms with van der Waals surface area (Å²) >= 11 is 5.42. The monoisotopic (exact) mass is 415 g/mol. The Morgan fingerprint density at radius 1 is 1.00 bits per heavy atom. The lowest BCUT2D eigenvalue weighted by atomic mass is 9.91. The Balaban J connectivity index is 1.77. The number of benzene rings is 3. The third-order valence-electron chi connectivity index (χ3n) is 5.48. The summed E-state index contributed by atoms with van der Waals surface area (Å²) in [6, 6.07) is 21.9. The summed E-state index contributed by atoms with van der Waals surface area (Å²) in [7, 11) is 0. The van der Waals surface area contributed by atoms with Gasteiger partial charge in [0, 0.05) is 11.4 Å². The lowest BCUT2D eigenvalue weighted by Gasteiger charge is -2.31. The van der Waals surface area contributed by atoms with Crippen LogP contribution in [0, 0.1) is 0 Å². The maximum Gasteiger partial charge on any atom is 0.255 e. The Kier molecular flexibility index (Phi) is 5.55. The molecule has 0 saturated carbocycles. The van der Waals surface area contributed by atoms with Crippen LogP contribution in [0.4, 0.5) is 5.69 Å². The fourth-order valence-corrected chi connectivity index (χ4v) is 4.31. The zero-order chi connectivity index (χ0) is 21.3. The fourth-order valence-electron chi connectivity index (χ4n) is 4.03. The first-order chi connectivity index (χ1) is 14.5. The van der Waals surface area contributed by atoms with Gasteiger partial charge in [-0.25, -0.2) is 0 Å². The van der Waals surface area contributed by atoms with E-state index < -0.39 is 0 Å². The first-order valence-corrected chi connectivity index (χ1v) is 10.5. The van der Waals surface area contributed by atoms with E-state index in [1.807, 2.05) is 43.3 Å². The molecule has 4 nitrogen and oxygen atoms in total. The molecule has 0 aromatic heterocycles. The number of anilines is 1. The second-order valence-corrected chi connectivity index (χ2v) is 8.24. The van der Waals surface area contributed by atoms with Crippen LogP contribution in [0.5, 0.6) is 0 Å². The van der Waals surface area contributed by atoms with E-state index in [1.54, 1.807) is 0 Å². The van der Waals surface area contributed by atoms with Gasteiger partial charge in [-0.15, -0.1) is 0 Å². The quantitative estimate of drug-likeness (QED) is 0.500. The van der Waals surface area contributed by atoms with Crippen LogP contribution in [0.25, 0.3) is 10.8 Å². The minimum atomic E-state index is -0.337. The number of hydrogen-bond donors (Lipinski definition) is 3. The maximum atomic E-state index is 13.5. The molecular formula is C25H25N3OS. The molecule has 0 fully saturated rings. The van der Waals surface area contributed by atoms with Crippen molar-refractivity contribution in [3.8, 4) is 0 Å². The first-order valence-electron chi connectivity index (χ1n) is 10.1. The van der Waals surface area contributed by atoms with Crippen LogP contribution in [0.2, 0.25) is 0 Å². The zero-order valence-electron chi connectivity index (χ0n) is 17.3. The van der Waals surface area contributed by atoms with Crippen LogP contribution < -0.4 is 16.0 Å². The van der Waals surface area contributed by atoms with Crippen LogP contribution in [0.3, 0.4) is 0 Å². The smallest absolute Gasteiger partial charge is 0.255 e. The summed E-state index contributed by atoms with van der Waals surface area (Å²) in [5.74, 6) is 0.168. The average molecular weight is 416 g/mol. The molecule has 0 bridgehead atoms. The number of amides is 1. The van der Waals surface area contributed by atoms with Crippen LogP contribution >= 0.6 is 12.2 Å². The highest BCUT2D eigenvalue weighted by molar-refractivity contribution is 7.80. The van der Waals surface area contributed by atoms with Crippen LogP contribution in [-0.4, -0.2) is 11.0 Å². The van der Waals surface area contributed by atoms with Crippen molar-refractivity contribution in [1.29, 1.82) is 0 Å². The third-order valence-corrected chi connectivity index (χ3v) is 5.70. The Morgan fingerprint density at radius 2 is 1.70 bits per heavy atom. The van der Waals surface area contributed by atoms with Gasteiger partial charge in [-0.3, -0.25) is 4.79 Å². The van der Waals surface area contributed by atoms with Crippen LogP contribution in [-0.2, 0) is 4.79 Å². The van der Waals surface area contributed by atoms with Crippen molar-refractivity contribution in [1.82, 2.24) is 10.6 Å². The number of fused-ring (bicyclic) bond motifs is 1. The molecule has 3 N–H and O–H groups in total. The second-order valence-electron chi connectivity index (χ2n) is 7.83. The molecule has 152 valence electrons. The summed E-state index contributed by atoms with van der Waals surface area (Å²) < 4.78 is 0. The van der Waals surface area contributed by atoms with E-state index in [9.17, 15) is 4.79 Å². The number of hydrogen-bond acceptors (Lipinski definition) is 2. The normalized spacial score (nSPS) is 16.4. The molecule has 0 unspecified atom stereocenters. The zero-order valence-corrected chi connectivity index (χ0v) is 18.1. The van der Waals surface area contributed by atoms with E-state index in [0.717, 1.165) is 33.3 Å². The highest BCUT2D eigenvalue weighted by atomic mass is 32.1. The van der Waals surface area contributed by atoms with Gasteiger partial charge in [0.1, 0.15) is 0 Å². The second kappa shape index (κ2) is 8.28. The number of nitrogens with one attached hydrogen (secondary N) is 3. The van der Waals surface area contributed by atoms with Crippen molar-refractivity contribution in [2.24, 2.45) is 0 Å². The van der Waals surface area contributed by atoms with Gasteiger partial charge in [0.2, 0.25) is 0 Å². The minimum Gasteiger partial charge on any atom is -0.351 e. The first kappa shape index (κ1) is 20.1. The molecule has 4 rings (SSSR count). The van der Waals surface area contributed by atoms with Gasteiger partial charge in [-0.05, 0) is 53.0 Å². The topological polar surface area (TPSA) is 53.2 Å². The number of allylic oxidation sites excluding steroid dienone is 1. The molecule has 1 atom stereocenters. The SMILES string of the molecule is CC1=C(C(=O)Nc2ccccc2C(C)C)[C@@H](c2cccc3ccccc23)NC(=S)N1. The number of rotatable bonds is 4. The highest BCUT2D eigenvalue weighted by Crippen LogP contribution is 2.33. The van der Waals surface area contributed by atoms with E-state index >= 15 is 0 Å². The standard InChI is InChI=1S/C25H25N3OS/c1-15(2)18-11-6-7-14-21(18)27-24(29)22-16(3)26-25(30)28-23(22)20-13-8-10-17-9-4-5-12-19(17)20/h4-15,23H,1-3H3,(H,27,29)(H2,26,28,30)/t23-/m1/s1. The highest BCUT2D eigenvalue weighted by Gasteiger charge is 2.31. The van der Waals surface area contributed by atoms with Gasteiger partial charge in [-0.1, -0.05) is 74.5 Å². The Hall–Kier alpha value is -3.18. The molecule has 1 aliphatic rings. The predicted molar refractivity (Wildman–Crippen MR) is 127 cm³/mol. The molecule has 0 spiro atoms. The fraction of sp³-hybridized carbons (Fsp3) is 0.200. The van der Waals surface area contributed by atoms with Gasteiger partial charge in [-0.2, -0.15) is 0 Å². The van der Waals surface area contributed by atoms with Crippen molar-refractivity contribution in [2.75, 3.05) is 5.32 Å². The predicted octanol–water partition coefficient (Wildman–Crippen LogP) is 5.39. The van der Waals surface area contributed by atoms with E-state index in [1.165, 1.54) is 0 Å². The summed E-state index contributed by atoms with van der Waals surface area (Å²) in [5.41, 5.74) is 4.37. The van der Waals surface area contributed by atoms with Gasteiger partial charge in [0.15, 0.2) is 5.11 Å². The van der Waals surface area contributed by atoms with E-state index in [-0.39, 0.29) is 11.9 Å². The van der Waals surface area contributed by atoms with Gasteiger partial charge in [0.25, 0.3) is 5.91 Å². The van der Waals surface area contributed by atoms with Crippen molar-refractivity contribution in [3.05, 3.63) is 89.1 Å².